The van der Waals surface area contributed by atoms with E-state index in [2.05, 4.69) is 41.4 Å². The van der Waals surface area contributed by atoms with Gasteiger partial charge in [-0.25, -0.2) is 4.79 Å². The highest BCUT2D eigenvalue weighted by Crippen LogP contribution is 2.47. The highest BCUT2D eigenvalue weighted by molar-refractivity contribution is 6.03. The SMILES string of the molecule is Cc1ccc2c(c1)C1(CCN(Cc3ccc(C#N)cc3)CC1)CN2C(=O)Nc1ccc(Oc2ccccc2)cc1. The van der Waals surface area contributed by atoms with Gasteiger partial charge in [0.2, 0.25) is 0 Å². The Bertz CT molecular complexity index is 1530. The molecule has 0 radical (unpaired) electrons. The molecule has 2 amide bonds. The Morgan fingerprint density at radius 2 is 1.62 bits per heavy atom. The number of hydrogen-bond donors (Lipinski definition) is 1. The maximum Gasteiger partial charge on any atom is 0.326 e. The highest BCUT2D eigenvalue weighted by Gasteiger charge is 2.46. The van der Waals surface area contributed by atoms with Crippen molar-refractivity contribution in [3.05, 3.63) is 119 Å². The van der Waals surface area contributed by atoms with Gasteiger partial charge in [0.15, 0.2) is 0 Å². The van der Waals surface area contributed by atoms with E-state index < -0.39 is 0 Å². The van der Waals surface area contributed by atoms with Gasteiger partial charge in [0.1, 0.15) is 11.5 Å². The maximum atomic E-state index is 13.6. The third-order valence-electron chi connectivity index (χ3n) is 8.11. The monoisotopic (exact) mass is 528 g/mol. The number of fused-ring (bicyclic) bond motifs is 2. The summed E-state index contributed by atoms with van der Waals surface area (Å²) in [5, 5.41) is 12.2. The number of likely N-dealkylation sites (tertiary alicyclic amines) is 1. The van der Waals surface area contributed by atoms with Gasteiger partial charge in [0.05, 0.1) is 11.6 Å². The molecule has 2 aliphatic heterocycles. The Balaban J connectivity index is 1.13. The molecule has 2 aliphatic rings. The minimum atomic E-state index is -0.112. The summed E-state index contributed by atoms with van der Waals surface area (Å²) in [5.74, 6) is 1.49. The number of piperidine rings is 1. The Morgan fingerprint density at radius 1 is 0.925 bits per heavy atom. The number of aryl methyl sites for hydroxylation is 1. The number of carbonyl (C=O) groups is 1. The summed E-state index contributed by atoms with van der Waals surface area (Å²) >= 11 is 0. The maximum absolute atomic E-state index is 13.6. The standard InChI is InChI=1S/C34H32N4O2/c1-25-7-16-32-31(21-25)34(17-19-37(20-18-34)23-27-10-8-26(22-35)9-11-27)24-38(32)33(39)36-28-12-14-30(15-13-28)40-29-5-3-2-4-6-29/h2-16,21H,17-20,23-24H2,1H3,(H,36,39). The molecular formula is C34H32N4O2. The molecule has 4 aromatic carbocycles. The fraction of sp³-hybridized carbons (Fsp3) is 0.235. The molecule has 0 atom stereocenters. The fourth-order valence-corrected chi connectivity index (χ4v) is 5.90. The number of amides is 2. The number of para-hydroxylation sites is 1. The van der Waals surface area contributed by atoms with E-state index in [1.807, 2.05) is 83.8 Å². The molecule has 40 heavy (non-hydrogen) atoms. The second kappa shape index (κ2) is 10.9. The van der Waals surface area contributed by atoms with Crippen molar-refractivity contribution in [3.8, 4) is 17.6 Å². The zero-order chi connectivity index (χ0) is 27.5. The first-order valence-electron chi connectivity index (χ1n) is 13.8. The molecule has 6 heteroatoms. The molecule has 2 heterocycles. The molecule has 4 aromatic rings. The van der Waals surface area contributed by atoms with E-state index in [-0.39, 0.29) is 11.4 Å². The lowest BCUT2D eigenvalue weighted by molar-refractivity contribution is 0.160. The van der Waals surface area contributed by atoms with Crippen LogP contribution in [-0.4, -0.2) is 30.6 Å². The number of rotatable bonds is 5. The van der Waals surface area contributed by atoms with Crippen LogP contribution in [0, 0.1) is 18.3 Å². The van der Waals surface area contributed by atoms with Crippen molar-refractivity contribution >= 4 is 17.4 Å². The van der Waals surface area contributed by atoms with E-state index in [4.69, 9.17) is 10.00 Å². The summed E-state index contributed by atoms with van der Waals surface area (Å²) in [6, 6.07) is 33.5. The van der Waals surface area contributed by atoms with Crippen molar-refractivity contribution in [2.24, 2.45) is 0 Å². The Hall–Kier alpha value is -4.60. The average molecular weight is 529 g/mol. The van der Waals surface area contributed by atoms with Gasteiger partial charge in [0.25, 0.3) is 0 Å². The molecule has 0 bridgehead atoms. The van der Waals surface area contributed by atoms with Crippen LogP contribution in [0.3, 0.4) is 0 Å². The molecule has 1 fully saturated rings. The summed E-state index contributed by atoms with van der Waals surface area (Å²) in [7, 11) is 0. The topological polar surface area (TPSA) is 68.6 Å². The fourth-order valence-electron chi connectivity index (χ4n) is 5.90. The molecule has 6 nitrogen and oxygen atoms in total. The number of urea groups is 1. The van der Waals surface area contributed by atoms with E-state index in [9.17, 15) is 4.79 Å². The summed E-state index contributed by atoms with van der Waals surface area (Å²) in [4.78, 5) is 18.0. The number of ether oxygens (including phenoxy) is 1. The minimum Gasteiger partial charge on any atom is -0.457 e. The second-order valence-corrected chi connectivity index (χ2v) is 10.8. The van der Waals surface area contributed by atoms with Crippen LogP contribution >= 0.6 is 0 Å². The van der Waals surface area contributed by atoms with Crippen LogP contribution in [0.5, 0.6) is 11.5 Å². The van der Waals surface area contributed by atoms with Gasteiger partial charge in [-0.2, -0.15) is 5.26 Å². The number of benzene rings is 4. The van der Waals surface area contributed by atoms with Gasteiger partial charge in [-0.15, -0.1) is 0 Å². The molecule has 1 saturated heterocycles. The first-order valence-corrected chi connectivity index (χ1v) is 13.8. The van der Waals surface area contributed by atoms with E-state index in [0.717, 1.165) is 55.3 Å². The van der Waals surface area contributed by atoms with Crippen molar-refractivity contribution < 1.29 is 9.53 Å². The summed E-state index contributed by atoms with van der Waals surface area (Å²) < 4.78 is 5.89. The van der Waals surface area contributed by atoms with Crippen LogP contribution in [0.25, 0.3) is 0 Å². The molecule has 0 aliphatic carbocycles. The van der Waals surface area contributed by atoms with Gasteiger partial charge in [0, 0.05) is 29.9 Å². The lowest BCUT2D eigenvalue weighted by atomic mass is 9.74. The first kappa shape index (κ1) is 25.7. The van der Waals surface area contributed by atoms with Crippen molar-refractivity contribution in [1.29, 1.82) is 5.26 Å². The van der Waals surface area contributed by atoms with E-state index >= 15 is 0 Å². The summed E-state index contributed by atoms with van der Waals surface area (Å²) in [6.07, 6.45) is 1.99. The zero-order valence-corrected chi connectivity index (χ0v) is 22.6. The lowest BCUT2D eigenvalue weighted by Gasteiger charge is -2.40. The van der Waals surface area contributed by atoms with Crippen LogP contribution < -0.4 is 15.0 Å². The smallest absolute Gasteiger partial charge is 0.326 e. The molecule has 200 valence electrons. The van der Waals surface area contributed by atoms with Crippen LogP contribution in [0.2, 0.25) is 0 Å². The van der Waals surface area contributed by atoms with Gasteiger partial charge >= 0.3 is 6.03 Å². The predicted octanol–water partition coefficient (Wildman–Crippen LogP) is 7.24. The molecule has 0 saturated carbocycles. The predicted molar refractivity (Wildman–Crippen MR) is 158 cm³/mol. The average Bonchev–Trinajstić information content (AvgIpc) is 3.29. The summed E-state index contributed by atoms with van der Waals surface area (Å²) in [6.45, 7) is 5.60. The molecule has 1 N–H and O–H groups in total. The lowest BCUT2D eigenvalue weighted by Crippen LogP contribution is -2.46. The Labute approximate surface area is 235 Å². The quantitative estimate of drug-likeness (QED) is 0.296. The number of nitrogens with zero attached hydrogens (tertiary/aromatic N) is 3. The second-order valence-electron chi connectivity index (χ2n) is 10.8. The first-order chi connectivity index (χ1) is 19.5. The molecule has 0 aromatic heterocycles. The van der Waals surface area contributed by atoms with Crippen molar-refractivity contribution in [1.82, 2.24) is 4.90 Å². The molecular weight excluding hydrogens is 496 g/mol. The normalized spacial score (nSPS) is 15.8. The van der Waals surface area contributed by atoms with Gasteiger partial charge in [-0.3, -0.25) is 9.80 Å². The van der Waals surface area contributed by atoms with Gasteiger partial charge < -0.3 is 10.1 Å². The summed E-state index contributed by atoms with van der Waals surface area (Å²) in [5.41, 5.74) is 6.10. The largest absolute Gasteiger partial charge is 0.457 e. The zero-order valence-electron chi connectivity index (χ0n) is 22.6. The number of hydrogen-bond acceptors (Lipinski definition) is 4. The van der Waals surface area contributed by atoms with Gasteiger partial charge in [-0.1, -0.05) is 48.0 Å². The molecule has 1 spiro atoms. The number of anilines is 2. The Morgan fingerprint density at radius 3 is 2.33 bits per heavy atom. The number of nitrogens with one attached hydrogen (secondary N) is 1. The van der Waals surface area contributed by atoms with E-state index in [1.165, 1.54) is 16.7 Å². The number of nitriles is 1. The van der Waals surface area contributed by atoms with Crippen LogP contribution in [0.4, 0.5) is 16.2 Å². The molecule has 6 rings (SSSR count). The minimum absolute atomic E-state index is 0.0484. The third-order valence-corrected chi connectivity index (χ3v) is 8.11. The highest BCUT2D eigenvalue weighted by atomic mass is 16.5. The van der Waals surface area contributed by atoms with Crippen LogP contribution in [0.15, 0.2) is 97.1 Å². The third kappa shape index (κ3) is 5.29. The number of carbonyl (C=O) groups excluding carboxylic acids is 1. The molecule has 0 unspecified atom stereocenters. The van der Waals surface area contributed by atoms with E-state index in [1.54, 1.807) is 0 Å². The Kier molecular flexibility index (Phi) is 6.98. The van der Waals surface area contributed by atoms with Crippen LogP contribution in [-0.2, 0) is 12.0 Å². The van der Waals surface area contributed by atoms with Gasteiger partial charge in [-0.05, 0) is 98.6 Å². The van der Waals surface area contributed by atoms with Crippen LogP contribution in [0.1, 0.15) is 35.1 Å². The van der Waals surface area contributed by atoms with E-state index in [0.29, 0.717) is 12.1 Å². The van der Waals surface area contributed by atoms with Crippen molar-refractivity contribution in [3.63, 3.8) is 0 Å². The van der Waals surface area contributed by atoms with Crippen molar-refractivity contribution in [2.75, 3.05) is 29.9 Å². The van der Waals surface area contributed by atoms with Crippen molar-refractivity contribution in [2.45, 2.75) is 31.7 Å².